The van der Waals surface area contributed by atoms with Crippen LogP contribution in [0.25, 0.3) is 10.2 Å². The lowest BCUT2D eigenvalue weighted by molar-refractivity contribution is -0.113. The van der Waals surface area contributed by atoms with Crippen molar-refractivity contribution in [1.82, 2.24) is 9.97 Å². The second kappa shape index (κ2) is 7.04. The summed E-state index contributed by atoms with van der Waals surface area (Å²) in [4.78, 5) is 31.5. The fourth-order valence-electron chi connectivity index (χ4n) is 1.82. The summed E-state index contributed by atoms with van der Waals surface area (Å²) in [6.45, 7) is 0. The second-order valence-electron chi connectivity index (χ2n) is 4.48. The number of benzene rings is 1. The second-order valence-corrected chi connectivity index (χ2v) is 7.60. The highest BCUT2D eigenvalue weighted by Gasteiger charge is 2.09. The van der Waals surface area contributed by atoms with Crippen molar-refractivity contribution in [2.45, 2.75) is 5.16 Å². The van der Waals surface area contributed by atoms with Gasteiger partial charge >= 0.3 is 0 Å². The zero-order valence-corrected chi connectivity index (χ0v) is 15.4. The molecule has 3 aromatic rings. The van der Waals surface area contributed by atoms with Crippen LogP contribution in [0, 0.1) is 0 Å². The average Bonchev–Trinajstić information content (AvgIpc) is 2.98. The van der Waals surface area contributed by atoms with Gasteiger partial charge in [0, 0.05) is 10.2 Å². The molecule has 0 radical (unpaired) electrons. The largest absolute Gasteiger partial charge is 0.325 e. The molecule has 3 rings (SSSR count). The minimum Gasteiger partial charge on any atom is -0.325 e. The van der Waals surface area contributed by atoms with Crippen LogP contribution in [0.4, 0.5) is 5.69 Å². The third-order valence-corrected chi connectivity index (χ3v) is 5.77. The van der Waals surface area contributed by atoms with Gasteiger partial charge in [0.1, 0.15) is 4.83 Å². The van der Waals surface area contributed by atoms with E-state index in [1.165, 1.54) is 23.1 Å². The number of aromatic amines is 1. The van der Waals surface area contributed by atoms with E-state index in [9.17, 15) is 9.59 Å². The van der Waals surface area contributed by atoms with Gasteiger partial charge in [-0.05, 0) is 45.6 Å². The molecule has 0 fully saturated rings. The van der Waals surface area contributed by atoms with Gasteiger partial charge < -0.3 is 10.3 Å². The first-order chi connectivity index (χ1) is 11.0. The number of amides is 1. The Morgan fingerprint density at radius 1 is 1.43 bits per heavy atom. The monoisotopic (exact) mass is 429 g/mol. The maximum atomic E-state index is 12.0. The number of anilines is 1. The predicted octanol–water partition coefficient (Wildman–Crippen LogP) is 4.13. The molecule has 0 aliphatic carbocycles. The van der Waals surface area contributed by atoms with Crippen molar-refractivity contribution in [2.24, 2.45) is 0 Å². The predicted molar refractivity (Wildman–Crippen MR) is 98.7 cm³/mol. The Labute approximate surface area is 152 Å². The molecule has 0 spiro atoms. The summed E-state index contributed by atoms with van der Waals surface area (Å²) < 4.78 is 0.762. The van der Waals surface area contributed by atoms with Crippen molar-refractivity contribution in [1.29, 1.82) is 0 Å². The van der Waals surface area contributed by atoms with E-state index in [1.54, 1.807) is 24.3 Å². The number of hydrogen-bond acceptors (Lipinski definition) is 5. The summed E-state index contributed by atoms with van der Waals surface area (Å²) in [5.41, 5.74) is 0.415. The molecule has 0 atom stereocenters. The molecule has 1 amide bonds. The van der Waals surface area contributed by atoms with Crippen LogP contribution in [-0.2, 0) is 4.79 Å². The zero-order valence-electron chi connectivity index (χ0n) is 11.4. The molecule has 2 N–H and O–H groups in total. The molecule has 0 bridgehead atoms. The molecule has 0 aliphatic heterocycles. The minimum atomic E-state index is -0.206. The normalized spacial score (nSPS) is 10.9. The number of thioether (sulfide) groups is 1. The fraction of sp³-hybridized carbons (Fsp3) is 0.0714. The van der Waals surface area contributed by atoms with Gasteiger partial charge in [0.05, 0.1) is 16.2 Å². The third-order valence-electron chi connectivity index (χ3n) is 2.86. The number of halogens is 2. The van der Waals surface area contributed by atoms with Crippen LogP contribution in [-0.4, -0.2) is 21.6 Å². The molecule has 0 unspecified atom stereocenters. The smallest absolute Gasteiger partial charge is 0.260 e. The lowest BCUT2D eigenvalue weighted by Gasteiger charge is -2.06. The van der Waals surface area contributed by atoms with E-state index in [2.05, 4.69) is 31.2 Å². The van der Waals surface area contributed by atoms with Crippen LogP contribution < -0.4 is 10.9 Å². The Morgan fingerprint density at radius 2 is 2.26 bits per heavy atom. The molecule has 0 saturated heterocycles. The zero-order chi connectivity index (χ0) is 16.4. The highest BCUT2D eigenvalue weighted by molar-refractivity contribution is 9.10. The van der Waals surface area contributed by atoms with Crippen molar-refractivity contribution < 1.29 is 4.79 Å². The number of nitrogens with zero attached hydrogens (tertiary/aromatic N) is 1. The van der Waals surface area contributed by atoms with Crippen LogP contribution in [0.1, 0.15) is 0 Å². The van der Waals surface area contributed by atoms with Crippen molar-refractivity contribution in [3.63, 3.8) is 0 Å². The van der Waals surface area contributed by atoms with E-state index in [1.807, 2.05) is 5.38 Å². The quantitative estimate of drug-likeness (QED) is 0.482. The van der Waals surface area contributed by atoms with Gasteiger partial charge in [-0.1, -0.05) is 23.4 Å². The molecule has 0 aliphatic rings. The number of rotatable bonds is 4. The highest BCUT2D eigenvalue weighted by Crippen LogP contribution is 2.25. The maximum Gasteiger partial charge on any atom is 0.260 e. The van der Waals surface area contributed by atoms with Crippen LogP contribution in [0.3, 0.4) is 0 Å². The van der Waals surface area contributed by atoms with E-state index in [-0.39, 0.29) is 17.2 Å². The standard InChI is InChI=1S/C14H9BrClN3O2S2/c15-9-2-1-7(5-10(9)16)17-11(20)6-23-14-18-12(21)8-3-4-22-13(8)19-14/h1-5H,6H2,(H,17,20)(H,18,19,21). The molecule has 1 aromatic carbocycles. The van der Waals surface area contributed by atoms with Crippen molar-refractivity contribution in [3.8, 4) is 0 Å². The van der Waals surface area contributed by atoms with Gasteiger partial charge in [-0.3, -0.25) is 9.59 Å². The van der Waals surface area contributed by atoms with Gasteiger partial charge in [0.2, 0.25) is 5.91 Å². The molecule has 9 heteroatoms. The Bertz CT molecular complexity index is 941. The summed E-state index contributed by atoms with van der Waals surface area (Å²) in [7, 11) is 0. The maximum absolute atomic E-state index is 12.0. The molecular formula is C14H9BrClN3O2S2. The molecule has 0 saturated carbocycles. The molecule has 2 heterocycles. The third kappa shape index (κ3) is 3.95. The first-order valence-electron chi connectivity index (χ1n) is 6.38. The summed E-state index contributed by atoms with van der Waals surface area (Å²) in [5.74, 6) is -0.0737. The van der Waals surface area contributed by atoms with Crippen molar-refractivity contribution in [3.05, 3.63) is 49.5 Å². The number of fused-ring (bicyclic) bond motifs is 1. The van der Waals surface area contributed by atoms with Crippen molar-refractivity contribution >= 4 is 72.4 Å². The lowest BCUT2D eigenvalue weighted by Crippen LogP contribution is -2.15. The van der Waals surface area contributed by atoms with Crippen LogP contribution in [0.2, 0.25) is 5.02 Å². The van der Waals surface area contributed by atoms with E-state index >= 15 is 0 Å². The van der Waals surface area contributed by atoms with Gasteiger partial charge in [0.15, 0.2) is 5.16 Å². The summed E-state index contributed by atoms with van der Waals surface area (Å²) in [6, 6.07) is 6.89. The van der Waals surface area contributed by atoms with Gasteiger partial charge in [-0.15, -0.1) is 11.3 Å². The first-order valence-corrected chi connectivity index (χ1v) is 9.42. The number of aromatic nitrogens is 2. The van der Waals surface area contributed by atoms with E-state index in [0.29, 0.717) is 26.1 Å². The van der Waals surface area contributed by atoms with E-state index in [0.717, 1.165) is 4.47 Å². The molecule has 2 aromatic heterocycles. The summed E-state index contributed by atoms with van der Waals surface area (Å²) in [6.07, 6.45) is 0. The number of carbonyl (C=O) groups excluding carboxylic acids is 1. The molecule has 118 valence electrons. The summed E-state index contributed by atoms with van der Waals surface area (Å²) in [5, 5.41) is 6.06. The number of hydrogen-bond donors (Lipinski definition) is 2. The van der Waals surface area contributed by atoms with Gasteiger partial charge in [-0.25, -0.2) is 4.98 Å². The first kappa shape index (κ1) is 16.5. The fourth-order valence-corrected chi connectivity index (χ4v) is 3.73. The molecule has 23 heavy (non-hydrogen) atoms. The Morgan fingerprint density at radius 3 is 3.04 bits per heavy atom. The minimum absolute atomic E-state index is 0.132. The summed E-state index contributed by atoms with van der Waals surface area (Å²) >= 11 is 11.8. The van der Waals surface area contributed by atoms with Crippen LogP contribution in [0.15, 0.2) is 44.1 Å². The lowest BCUT2D eigenvalue weighted by atomic mass is 10.3. The van der Waals surface area contributed by atoms with Crippen LogP contribution in [0.5, 0.6) is 0 Å². The number of thiophene rings is 1. The number of H-pyrrole nitrogens is 1. The Balaban J connectivity index is 1.65. The Kier molecular flexibility index (Phi) is 5.05. The van der Waals surface area contributed by atoms with E-state index in [4.69, 9.17) is 11.6 Å². The van der Waals surface area contributed by atoms with Gasteiger partial charge in [-0.2, -0.15) is 0 Å². The van der Waals surface area contributed by atoms with E-state index < -0.39 is 0 Å². The number of carbonyl (C=O) groups is 1. The SMILES string of the molecule is O=C(CSc1nc2sccc2c(=O)[nH]1)Nc1ccc(Br)c(Cl)c1. The number of nitrogens with one attached hydrogen (secondary N) is 2. The molecular weight excluding hydrogens is 422 g/mol. The Hall–Kier alpha value is -1.35. The van der Waals surface area contributed by atoms with Gasteiger partial charge in [0.25, 0.3) is 5.56 Å². The topological polar surface area (TPSA) is 74.8 Å². The van der Waals surface area contributed by atoms with Crippen LogP contribution >= 0.6 is 50.6 Å². The van der Waals surface area contributed by atoms with Crippen molar-refractivity contribution in [2.75, 3.05) is 11.1 Å². The highest BCUT2D eigenvalue weighted by atomic mass is 79.9. The average molecular weight is 431 g/mol. The molecule has 5 nitrogen and oxygen atoms in total.